The van der Waals surface area contributed by atoms with Crippen LogP contribution in [0.3, 0.4) is 0 Å². The van der Waals surface area contributed by atoms with Gasteiger partial charge in [0.15, 0.2) is 0 Å². The fourth-order valence-electron chi connectivity index (χ4n) is 2.85. The number of anilines is 1. The van der Waals surface area contributed by atoms with Crippen molar-refractivity contribution in [3.05, 3.63) is 23.8 Å². The SMILES string of the molecule is NCCC(=O)Nc1cc(COC(=O)NCC(=O)O)ccc1O[C@H]1O[C@H](CO)[C@@H](O)[C@H](O)[C@@H]1O. The van der Waals surface area contributed by atoms with Gasteiger partial charge in [-0.05, 0) is 17.7 Å². The second kappa shape index (κ2) is 12.3. The number of carbonyl (C=O) groups excluding carboxylic acids is 2. The second-order valence-corrected chi connectivity index (χ2v) is 7.06. The van der Waals surface area contributed by atoms with E-state index in [1.807, 2.05) is 5.32 Å². The average Bonchev–Trinajstić information content (AvgIpc) is 2.78. The van der Waals surface area contributed by atoms with Gasteiger partial charge in [-0.3, -0.25) is 9.59 Å². The number of aliphatic hydroxyl groups excluding tert-OH is 4. The minimum absolute atomic E-state index is 0.00350. The van der Waals surface area contributed by atoms with E-state index < -0.39 is 61.8 Å². The molecule has 0 saturated carbocycles. The lowest BCUT2D eigenvalue weighted by Gasteiger charge is -2.39. The summed E-state index contributed by atoms with van der Waals surface area (Å²) in [6.07, 6.45) is -8.56. The molecule has 0 aliphatic carbocycles. The number of amides is 2. The Morgan fingerprint density at radius 1 is 1.12 bits per heavy atom. The standard InChI is InChI=1S/C19H27N3O11/c20-4-3-13(24)22-10-5-9(8-31-19(30)21-6-14(25)26)1-2-11(10)32-18-17(29)16(28)15(27)12(7-23)33-18/h1-2,5,12,15-18,23,27-29H,3-4,6-8,20H2,(H,21,30)(H,22,24)(H,25,26)/t12-,15-,16+,17+,18+/m1/s1. The monoisotopic (exact) mass is 473 g/mol. The average molecular weight is 473 g/mol. The Morgan fingerprint density at radius 3 is 2.48 bits per heavy atom. The molecule has 1 aromatic rings. The number of alkyl carbamates (subject to hydrolysis) is 1. The van der Waals surface area contributed by atoms with E-state index in [0.717, 1.165) is 0 Å². The lowest BCUT2D eigenvalue weighted by molar-refractivity contribution is -0.277. The van der Waals surface area contributed by atoms with Gasteiger partial charge in [-0.15, -0.1) is 0 Å². The third kappa shape index (κ3) is 7.52. The summed E-state index contributed by atoms with van der Waals surface area (Å²) in [5, 5.41) is 52.4. The first-order valence-corrected chi connectivity index (χ1v) is 9.88. The van der Waals surface area contributed by atoms with Crippen molar-refractivity contribution in [2.24, 2.45) is 5.73 Å². The molecule has 1 fully saturated rings. The van der Waals surface area contributed by atoms with Crippen LogP contribution in [0.5, 0.6) is 5.75 Å². The van der Waals surface area contributed by atoms with Gasteiger partial charge in [0.05, 0.1) is 12.3 Å². The number of carboxylic acids is 1. The normalized spacial score (nSPS) is 24.6. The van der Waals surface area contributed by atoms with Gasteiger partial charge in [0.2, 0.25) is 12.2 Å². The summed E-state index contributed by atoms with van der Waals surface area (Å²) in [7, 11) is 0. The molecule has 1 heterocycles. The number of carboxylic acid groups (broad SMARTS) is 1. The highest BCUT2D eigenvalue weighted by Crippen LogP contribution is 2.31. The molecule has 0 radical (unpaired) electrons. The quantitative estimate of drug-likeness (QED) is 0.176. The van der Waals surface area contributed by atoms with Crippen molar-refractivity contribution in [2.45, 2.75) is 43.7 Å². The Labute approximate surface area is 187 Å². The van der Waals surface area contributed by atoms with Crippen LogP contribution in [-0.4, -0.2) is 93.9 Å². The molecule has 1 aliphatic heterocycles. The topological polar surface area (TPSA) is 230 Å². The fourth-order valence-corrected chi connectivity index (χ4v) is 2.85. The molecule has 2 rings (SSSR count). The van der Waals surface area contributed by atoms with Crippen LogP contribution in [0.1, 0.15) is 12.0 Å². The van der Waals surface area contributed by atoms with E-state index in [0.29, 0.717) is 5.56 Å². The molecule has 14 nitrogen and oxygen atoms in total. The van der Waals surface area contributed by atoms with Crippen molar-refractivity contribution in [2.75, 3.05) is 25.0 Å². The van der Waals surface area contributed by atoms with Gasteiger partial charge in [-0.2, -0.15) is 0 Å². The van der Waals surface area contributed by atoms with E-state index in [9.17, 15) is 34.8 Å². The van der Waals surface area contributed by atoms with Gasteiger partial charge in [0.1, 0.15) is 43.3 Å². The molecule has 9 N–H and O–H groups in total. The molecular weight excluding hydrogens is 446 g/mol. The number of aliphatic hydroxyl groups is 4. The van der Waals surface area contributed by atoms with Crippen LogP contribution in [0.2, 0.25) is 0 Å². The summed E-state index contributed by atoms with van der Waals surface area (Å²) in [6, 6.07) is 4.23. The van der Waals surface area contributed by atoms with Crippen molar-refractivity contribution in [3.63, 3.8) is 0 Å². The van der Waals surface area contributed by atoms with Crippen LogP contribution in [0, 0.1) is 0 Å². The van der Waals surface area contributed by atoms with E-state index >= 15 is 0 Å². The van der Waals surface area contributed by atoms with E-state index in [1.165, 1.54) is 18.2 Å². The number of nitrogens with one attached hydrogen (secondary N) is 2. The summed E-state index contributed by atoms with van der Waals surface area (Å²) < 4.78 is 15.8. The number of hydrogen-bond donors (Lipinski definition) is 8. The van der Waals surface area contributed by atoms with Crippen LogP contribution in [0.4, 0.5) is 10.5 Å². The summed E-state index contributed by atoms with van der Waals surface area (Å²) in [6.45, 7) is -1.47. The van der Waals surface area contributed by atoms with Crippen LogP contribution >= 0.6 is 0 Å². The Balaban J connectivity index is 2.17. The first-order chi connectivity index (χ1) is 15.7. The first-order valence-electron chi connectivity index (χ1n) is 9.88. The minimum atomic E-state index is -1.67. The predicted molar refractivity (Wildman–Crippen MR) is 109 cm³/mol. The molecule has 33 heavy (non-hydrogen) atoms. The summed E-state index contributed by atoms with van der Waals surface area (Å²) >= 11 is 0. The molecule has 0 spiro atoms. The number of aliphatic carboxylic acids is 1. The fraction of sp³-hybridized carbons (Fsp3) is 0.526. The number of nitrogens with two attached hydrogens (primary N) is 1. The van der Waals surface area contributed by atoms with Crippen LogP contribution in [-0.2, 0) is 25.7 Å². The molecule has 1 aromatic carbocycles. The lowest BCUT2D eigenvalue weighted by atomic mass is 9.99. The van der Waals surface area contributed by atoms with Gasteiger partial charge in [-0.1, -0.05) is 6.07 Å². The smallest absolute Gasteiger partial charge is 0.407 e. The van der Waals surface area contributed by atoms with Crippen molar-refractivity contribution in [3.8, 4) is 5.75 Å². The zero-order chi connectivity index (χ0) is 24.5. The van der Waals surface area contributed by atoms with Crippen LogP contribution in [0.25, 0.3) is 0 Å². The van der Waals surface area contributed by atoms with Crippen molar-refractivity contribution in [1.29, 1.82) is 0 Å². The van der Waals surface area contributed by atoms with Gasteiger partial charge >= 0.3 is 12.1 Å². The number of ether oxygens (including phenoxy) is 3. The molecule has 14 heteroatoms. The Bertz CT molecular complexity index is 835. The maximum Gasteiger partial charge on any atom is 0.407 e. The Kier molecular flexibility index (Phi) is 9.77. The zero-order valence-electron chi connectivity index (χ0n) is 17.4. The second-order valence-electron chi connectivity index (χ2n) is 7.06. The summed E-state index contributed by atoms with van der Waals surface area (Å²) in [5.74, 6) is -1.70. The molecule has 0 unspecified atom stereocenters. The number of hydrogen-bond acceptors (Lipinski definition) is 11. The maximum atomic E-state index is 12.1. The van der Waals surface area contributed by atoms with Crippen LogP contribution in [0.15, 0.2) is 18.2 Å². The van der Waals surface area contributed by atoms with Gasteiger partial charge < -0.3 is 56.1 Å². The molecule has 5 atom stereocenters. The molecule has 1 saturated heterocycles. The first kappa shape index (κ1) is 26.2. The third-order valence-corrected chi connectivity index (χ3v) is 4.53. The van der Waals surface area contributed by atoms with E-state index in [1.54, 1.807) is 0 Å². The van der Waals surface area contributed by atoms with Gasteiger partial charge in [0, 0.05) is 13.0 Å². The molecular formula is C19H27N3O11. The highest BCUT2D eigenvalue weighted by atomic mass is 16.7. The highest BCUT2D eigenvalue weighted by Gasteiger charge is 2.44. The molecule has 184 valence electrons. The van der Waals surface area contributed by atoms with E-state index in [4.69, 9.17) is 25.1 Å². The number of carbonyl (C=O) groups is 3. The molecule has 0 bridgehead atoms. The number of benzene rings is 1. The van der Waals surface area contributed by atoms with Crippen LogP contribution < -0.4 is 21.1 Å². The zero-order valence-corrected chi connectivity index (χ0v) is 17.4. The highest BCUT2D eigenvalue weighted by molar-refractivity contribution is 5.92. The third-order valence-electron chi connectivity index (χ3n) is 4.53. The lowest BCUT2D eigenvalue weighted by Crippen LogP contribution is -2.60. The molecule has 1 aliphatic rings. The minimum Gasteiger partial charge on any atom is -0.480 e. The molecule has 2 amide bonds. The Morgan fingerprint density at radius 2 is 1.85 bits per heavy atom. The van der Waals surface area contributed by atoms with E-state index in [2.05, 4.69) is 5.32 Å². The largest absolute Gasteiger partial charge is 0.480 e. The summed E-state index contributed by atoms with van der Waals surface area (Å²) in [4.78, 5) is 34.1. The predicted octanol–water partition coefficient (Wildman–Crippen LogP) is -2.54. The maximum absolute atomic E-state index is 12.1. The summed E-state index contributed by atoms with van der Waals surface area (Å²) in [5.41, 5.74) is 5.87. The van der Waals surface area contributed by atoms with Crippen molar-refractivity contribution < 1.29 is 54.1 Å². The van der Waals surface area contributed by atoms with Crippen molar-refractivity contribution in [1.82, 2.24) is 5.32 Å². The number of rotatable bonds is 10. The molecule has 0 aromatic heterocycles. The van der Waals surface area contributed by atoms with Gasteiger partial charge in [-0.25, -0.2) is 4.79 Å². The Hall–Kier alpha value is -3.01. The van der Waals surface area contributed by atoms with Gasteiger partial charge in [0.25, 0.3) is 0 Å². The van der Waals surface area contributed by atoms with Crippen molar-refractivity contribution >= 4 is 23.7 Å². The van der Waals surface area contributed by atoms with E-state index in [-0.39, 0.29) is 31.0 Å².